The molecule has 0 saturated carbocycles. The maximum absolute atomic E-state index is 12.4. The highest BCUT2D eigenvalue weighted by molar-refractivity contribution is 5.79. The van der Waals surface area contributed by atoms with E-state index in [-0.39, 0.29) is 11.8 Å². The highest BCUT2D eigenvalue weighted by Gasteiger charge is 2.30. The van der Waals surface area contributed by atoms with Gasteiger partial charge in [-0.15, -0.1) is 0 Å². The van der Waals surface area contributed by atoms with E-state index in [1.807, 2.05) is 29.2 Å². The van der Waals surface area contributed by atoms with E-state index in [1.54, 1.807) is 21.3 Å². The summed E-state index contributed by atoms with van der Waals surface area (Å²) in [4.78, 5) is 16.8. The molecule has 1 saturated heterocycles. The fraction of sp³-hybridized carbons (Fsp3) is 0.480. The quantitative estimate of drug-likeness (QED) is 0.550. The van der Waals surface area contributed by atoms with Gasteiger partial charge < -0.3 is 24.0 Å². The lowest BCUT2D eigenvalue weighted by molar-refractivity contribution is -0.127. The summed E-state index contributed by atoms with van der Waals surface area (Å²) in [6.45, 7) is 3.54. The Morgan fingerprint density at radius 2 is 1.71 bits per heavy atom. The number of rotatable bonds is 11. The molecule has 1 heterocycles. The second-order valence-electron chi connectivity index (χ2n) is 8.11. The highest BCUT2D eigenvalue weighted by Crippen LogP contribution is 2.30. The fourth-order valence-corrected chi connectivity index (χ4v) is 4.09. The van der Waals surface area contributed by atoms with Crippen LogP contribution in [0.5, 0.6) is 17.2 Å². The molecule has 0 aromatic heterocycles. The minimum absolute atomic E-state index is 0.258. The Morgan fingerprint density at radius 1 is 0.968 bits per heavy atom. The third-order valence-corrected chi connectivity index (χ3v) is 6.00. The van der Waals surface area contributed by atoms with Crippen LogP contribution in [0.3, 0.4) is 0 Å². The largest absolute Gasteiger partial charge is 0.497 e. The number of ether oxygens (including phenoxy) is 3. The Labute approximate surface area is 185 Å². The normalized spacial score (nSPS) is 16.1. The van der Waals surface area contributed by atoms with Gasteiger partial charge in [0.05, 0.1) is 21.3 Å². The number of carbonyl (C=O) groups is 1. The summed E-state index contributed by atoms with van der Waals surface area (Å²) in [6, 6.07) is 14.1. The van der Waals surface area contributed by atoms with Gasteiger partial charge in [-0.2, -0.15) is 0 Å². The van der Waals surface area contributed by atoms with Crippen molar-refractivity contribution in [3.63, 3.8) is 0 Å². The molecular weight excluding hydrogens is 392 g/mol. The first-order chi connectivity index (χ1) is 15.0. The molecule has 168 valence electrons. The lowest BCUT2D eigenvalue weighted by Crippen LogP contribution is -2.30. The van der Waals surface area contributed by atoms with Crippen LogP contribution in [0.15, 0.2) is 42.5 Å². The zero-order valence-corrected chi connectivity index (χ0v) is 19.1. The van der Waals surface area contributed by atoms with Gasteiger partial charge in [0.1, 0.15) is 5.75 Å². The third kappa shape index (κ3) is 6.14. The summed E-state index contributed by atoms with van der Waals surface area (Å²) in [6.07, 6.45) is 2.52. The summed E-state index contributed by atoms with van der Waals surface area (Å²) in [5.74, 6) is 2.90. The minimum Gasteiger partial charge on any atom is -0.497 e. The van der Waals surface area contributed by atoms with Crippen molar-refractivity contribution < 1.29 is 19.0 Å². The van der Waals surface area contributed by atoms with Crippen molar-refractivity contribution in [3.05, 3.63) is 53.6 Å². The molecule has 1 aliphatic heterocycles. The summed E-state index contributed by atoms with van der Waals surface area (Å²) >= 11 is 0. The van der Waals surface area contributed by atoms with E-state index >= 15 is 0 Å². The number of likely N-dealkylation sites (N-methyl/N-ethyl adjacent to an activating group) is 1. The lowest BCUT2D eigenvalue weighted by Gasteiger charge is -2.21. The number of hydrogen-bond acceptors (Lipinski definition) is 5. The summed E-state index contributed by atoms with van der Waals surface area (Å²) in [7, 11) is 7.11. The number of likely N-dealkylation sites (tertiary alicyclic amines) is 1. The van der Waals surface area contributed by atoms with Crippen LogP contribution in [-0.2, 0) is 11.2 Å². The number of nitrogens with zero attached hydrogens (tertiary/aromatic N) is 2. The van der Waals surface area contributed by atoms with Gasteiger partial charge in [-0.3, -0.25) is 4.79 Å². The average molecular weight is 427 g/mol. The van der Waals surface area contributed by atoms with E-state index in [9.17, 15) is 4.79 Å². The molecule has 3 rings (SSSR count). The molecule has 0 radical (unpaired) electrons. The molecule has 0 N–H and O–H groups in total. The van der Waals surface area contributed by atoms with Crippen molar-refractivity contribution in [1.29, 1.82) is 0 Å². The Morgan fingerprint density at radius 3 is 2.39 bits per heavy atom. The minimum atomic E-state index is 0.258. The van der Waals surface area contributed by atoms with Crippen molar-refractivity contribution in [2.24, 2.45) is 0 Å². The van der Waals surface area contributed by atoms with Crippen LogP contribution in [0.2, 0.25) is 0 Å². The van der Waals surface area contributed by atoms with Crippen LogP contribution >= 0.6 is 0 Å². The van der Waals surface area contributed by atoms with E-state index in [4.69, 9.17) is 14.2 Å². The van der Waals surface area contributed by atoms with Crippen molar-refractivity contribution in [3.8, 4) is 17.2 Å². The van der Waals surface area contributed by atoms with Gasteiger partial charge in [-0.05, 0) is 61.8 Å². The molecule has 0 aliphatic carbocycles. The molecule has 31 heavy (non-hydrogen) atoms. The second-order valence-corrected chi connectivity index (χ2v) is 8.11. The smallest absolute Gasteiger partial charge is 0.223 e. The molecule has 6 heteroatoms. The number of amides is 1. The number of carbonyl (C=O) groups excluding carboxylic acids is 1. The standard InChI is InChI=1S/C25H34N2O4/c1-26(15-12-19-6-11-23(30-3)24(16-19)31-4)13-5-14-27-18-21(17-25(27)28)20-7-9-22(29-2)10-8-20/h6-11,16,21H,5,12-15,17-18H2,1-4H3/t21-/m1/s1. The summed E-state index contributed by atoms with van der Waals surface area (Å²) < 4.78 is 15.9. The van der Waals surface area contributed by atoms with Crippen molar-refractivity contribution in [2.45, 2.75) is 25.2 Å². The van der Waals surface area contributed by atoms with Gasteiger partial charge in [0.2, 0.25) is 5.91 Å². The van der Waals surface area contributed by atoms with Gasteiger partial charge in [-0.1, -0.05) is 18.2 Å². The van der Waals surface area contributed by atoms with Crippen LogP contribution in [-0.4, -0.2) is 70.3 Å². The first kappa shape index (κ1) is 22.9. The summed E-state index contributed by atoms with van der Waals surface area (Å²) in [5.41, 5.74) is 2.44. The molecule has 0 unspecified atom stereocenters. The highest BCUT2D eigenvalue weighted by atomic mass is 16.5. The third-order valence-electron chi connectivity index (χ3n) is 6.00. The average Bonchev–Trinajstić information content (AvgIpc) is 3.17. The Bertz CT molecular complexity index is 853. The lowest BCUT2D eigenvalue weighted by atomic mass is 9.98. The van der Waals surface area contributed by atoms with Crippen LogP contribution in [0.4, 0.5) is 0 Å². The van der Waals surface area contributed by atoms with E-state index in [1.165, 1.54) is 11.1 Å². The molecule has 0 bridgehead atoms. The SMILES string of the molecule is COc1ccc([C@@H]2CC(=O)N(CCCN(C)CCc3ccc(OC)c(OC)c3)C2)cc1. The molecule has 1 amide bonds. The second kappa shape index (κ2) is 11.0. The van der Waals surface area contributed by atoms with Crippen LogP contribution in [0.1, 0.15) is 29.9 Å². The number of benzene rings is 2. The van der Waals surface area contributed by atoms with E-state index in [0.717, 1.165) is 56.3 Å². The van der Waals surface area contributed by atoms with Gasteiger partial charge >= 0.3 is 0 Å². The molecule has 1 aliphatic rings. The molecule has 1 atom stereocenters. The monoisotopic (exact) mass is 426 g/mol. The van der Waals surface area contributed by atoms with Crippen molar-refractivity contribution >= 4 is 5.91 Å². The van der Waals surface area contributed by atoms with Crippen molar-refractivity contribution in [2.75, 3.05) is 54.6 Å². The number of hydrogen-bond donors (Lipinski definition) is 0. The van der Waals surface area contributed by atoms with E-state index in [2.05, 4.69) is 30.1 Å². The van der Waals surface area contributed by atoms with Crippen molar-refractivity contribution in [1.82, 2.24) is 9.80 Å². The van der Waals surface area contributed by atoms with Gasteiger partial charge in [0, 0.05) is 32.0 Å². The molecule has 2 aromatic carbocycles. The zero-order valence-electron chi connectivity index (χ0n) is 19.1. The van der Waals surface area contributed by atoms with Gasteiger partial charge in [0.15, 0.2) is 11.5 Å². The maximum Gasteiger partial charge on any atom is 0.223 e. The van der Waals surface area contributed by atoms with Crippen LogP contribution in [0.25, 0.3) is 0 Å². The molecule has 1 fully saturated rings. The molecule has 2 aromatic rings. The first-order valence-corrected chi connectivity index (χ1v) is 10.8. The Hall–Kier alpha value is -2.73. The maximum atomic E-state index is 12.4. The first-order valence-electron chi connectivity index (χ1n) is 10.8. The molecule has 0 spiro atoms. The fourth-order valence-electron chi connectivity index (χ4n) is 4.09. The van der Waals surface area contributed by atoms with E-state index in [0.29, 0.717) is 6.42 Å². The Kier molecular flexibility index (Phi) is 8.18. The molecule has 6 nitrogen and oxygen atoms in total. The summed E-state index contributed by atoms with van der Waals surface area (Å²) in [5, 5.41) is 0. The van der Waals surface area contributed by atoms with E-state index < -0.39 is 0 Å². The number of methoxy groups -OCH3 is 3. The van der Waals surface area contributed by atoms with Crippen LogP contribution < -0.4 is 14.2 Å². The van der Waals surface area contributed by atoms with Gasteiger partial charge in [-0.25, -0.2) is 0 Å². The Balaban J connectivity index is 1.41. The topological polar surface area (TPSA) is 51.2 Å². The van der Waals surface area contributed by atoms with Gasteiger partial charge in [0.25, 0.3) is 0 Å². The molecular formula is C25H34N2O4. The zero-order chi connectivity index (χ0) is 22.2. The predicted molar refractivity (Wildman–Crippen MR) is 122 cm³/mol. The van der Waals surface area contributed by atoms with Crippen LogP contribution in [0, 0.1) is 0 Å². The predicted octanol–water partition coefficient (Wildman–Crippen LogP) is 3.59.